The highest BCUT2D eigenvalue weighted by Crippen LogP contribution is 2.32. The van der Waals surface area contributed by atoms with E-state index in [-0.39, 0.29) is 11.6 Å². The zero-order chi connectivity index (χ0) is 22.1. The molecule has 0 bridgehead atoms. The number of fused-ring (bicyclic) bond motifs is 1. The summed E-state index contributed by atoms with van der Waals surface area (Å²) >= 11 is 0. The summed E-state index contributed by atoms with van der Waals surface area (Å²) < 4.78 is 0. The third-order valence-electron chi connectivity index (χ3n) is 6.55. The molecule has 4 nitrogen and oxygen atoms in total. The first-order valence-electron chi connectivity index (χ1n) is 11.5. The molecule has 0 radical (unpaired) electrons. The molecule has 164 valence electrons. The molecule has 0 spiro atoms. The number of piperazine rings is 1. The van der Waals surface area contributed by atoms with Crippen molar-refractivity contribution in [1.29, 1.82) is 0 Å². The fourth-order valence-corrected chi connectivity index (χ4v) is 4.87. The van der Waals surface area contributed by atoms with Crippen LogP contribution in [0.2, 0.25) is 0 Å². The molecule has 0 aliphatic carbocycles. The maximum Gasteiger partial charge on any atom is 0.125 e. The number of H-pyrrole nitrogens is 1. The summed E-state index contributed by atoms with van der Waals surface area (Å²) in [6, 6.07) is 26.1. The first kappa shape index (κ1) is 20.9. The molecule has 1 atom stereocenters. The summed E-state index contributed by atoms with van der Waals surface area (Å²) in [5, 5.41) is 2.52. The molecule has 4 aromatic rings. The van der Waals surface area contributed by atoms with Gasteiger partial charge in [0.1, 0.15) is 5.82 Å². The van der Waals surface area contributed by atoms with Gasteiger partial charge >= 0.3 is 0 Å². The summed E-state index contributed by atoms with van der Waals surface area (Å²) in [4.78, 5) is 13.7. The lowest BCUT2D eigenvalue weighted by Crippen LogP contribution is -2.55. The van der Waals surface area contributed by atoms with E-state index in [0.29, 0.717) is 0 Å². The maximum absolute atomic E-state index is 4.88. The Morgan fingerprint density at radius 3 is 2.44 bits per heavy atom. The summed E-state index contributed by atoms with van der Waals surface area (Å²) in [5.41, 5.74) is 3.72. The minimum Gasteiger partial charge on any atom is -0.341 e. The van der Waals surface area contributed by atoms with Gasteiger partial charge in [0.05, 0.1) is 17.9 Å². The third kappa shape index (κ3) is 4.34. The lowest BCUT2D eigenvalue weighted by atomic mass is 9.99. The second-order valence-electron chi connectivity index (χ2n) is 9.84. The Labute approximate surface area is 190 Å². The Morgan fingerprint density at radius 2 is 1.66 bits per heavy atom. The van der Waals surface area contributed by atoms with Crippen molar-refractivity contribution in [2.45, 2.75) is 38.9 Å². The second kappa shape index (κ2) is 8.53. The number of nitrogens with one attached hydrogen (secondary N) is 1. The number of hydrogen-bond acceptors (Lipinski definition) is 3. The molecule has 1 N–H and O–H groups in total. The fourth-order valence-electron chi connectivity index (χ4n) is 4.87. The van der Waals surface area contributed by atoms with Crippen LogP contribution in [0.3, 0.4) is 0 Å². The van der Waals surface area contributed by atoms with Crippen LogP contribution in [0.25, 0.3) is 22.0 Å². The van der Waals surface area contributed by atoms with Gasteiger partial charge in [-0.15, -0.1) is 0 Å². The van der Waals surface area contributed by atoms with E-state index in [2.05, 4.69) is 108 Å². The topological polar surface area (TPSA) is 35.2 Å². The second-order valence-corrected chi connectivity index (χ2v) is 9.84. The maximum atomic E-state index is 4.88. The number of benzene rings is 3. The molecule has 5 rings (SSSR count). The highest BCUT2D eigenvalue weighted by molar-refractivity contribution is 5.86. The minimum atomic E-state index is 0.0827. The minimum absolute atomic E-state index is 0.0827. The number of hydrogen-bond donors (Lipinski definition) is 1. The average molecular weight is 425 g/mol. The highest BCUT2D eigenvalue weighted by Gasteiger charge is 2.36. The molecular formula is C28H32N4. The summed E-state index contributed by atoms with van der Waals surface area (Å²) in [7, 11) is 0. The molecule has 4 heteroatoms. The predicted molar refractivity (Wildman–Crippen MR) is 132 cm³/mol. The van der Waals surface area contributed by atoms with E-state index in [0.717, 1.165) is 37.7 Å². The molecule has 1 aliphatic heterocycles. The molecule has 1 fully saturated rings. The molecule has 0 amide bonds. The van der Waals surface area contributed by atoms with Gasteiger partial charge in [0.25, 0.3) is 0 Å². The molecule has 1 aliphatic rings. The van der Waals surface area contributed by atoms with Gasteiger partial charge in [0.15, 0.2) is 0 Å². The van der Waals surface area contributed by atoms with Crippen LogP contribution in [0, 0.1) is 0 Å². The van der Waals surface area contributed by atoms with E-state index in [1.807, 2.05) is 6.20 Å². The lowest BCUT2D eigenvalue weighted by molar-refractivity contribution is 0.00265. The first-order valence-corrected chi connectivity index (χ1v) is 11.5. The fraction of sp³-hybridized carbons (Fsp3) is 0.321. The molecule has 1 saturated heterocycles. The normalized spacial score (nSPS) is 18.3. The van der Waals surface area contributed by atoms with Crippen molar-refractivity contribution in [2.75, 3.05) is 19.6 Å². The summed E-state index contributed by atoms with van der Waals surface area (Å²) in [5.74, 6) is 1.06. The summed E-state index contributed by atoms with van der Waals surface area (Å²) in [6.45, 7) is 11.0. The van der Waals surface area contributed by atoms with E-state index in [1.165, 1.54) is 21.9 Å². The quantitative estimate of drug-likeness (QED) is 0.444. The standard InChI is InChI=1S/C28H32N4/c1-28(2,3)32-16-15-31(19-21-9-5-4-6-10-21)20-26(32)27-29-18-25(30-27)24-14-13-22-11-7-8-12-23(22)17-24/h4-14,17-18,26H,15-16,19-20H2,1-3H3,(H,29,30). The Kier molecular flexibility index (Phi) is 5.58. The zero-order valence-electron chi connectivity index (χ0n) is 19.3. The molecule has 2 heterocycles. The summed E-state index contributed by atoms with van der Waals surface area (Å²) in [6.07, 6.45) is 2.00. The van der Waals surface area contributed by atoms with Crippen LogP contribution in [0.5, 0.6) is 0 Å². The van der Waals surface area contributed by atoms with Crippen LogP contribution in [-0.4, -0.2) is 44.9 Å². The molecular weight excluding hydrogens is 392 g/mol. The largest absolute Gasteiger partial charge is 0.341 e. The average Bonchev–Trinajstić information content (AvgIpc) is 3.29. The Balaban J connectivity index is 1.42. The van der Waals surface area contributed by atoms with Gasteiger partial charge in [-0.3, -0.25) is 9.80 Å². The number of nitrogens with zero attached hydrogens (tertiary/aromatic N) is 3. The number of aromatic nitrogens is 2. The van der Waals surface area contributed by atoms with Gasteiger partial charge in [0, 0.05) is 37.3 Å². The molecule has 1 aromatic heterocycles. The van der Waals surface area contributed by atoms with Gasteiger partial charge in [-0.25, -0.2) is 4.98 Å². The van der Waals surface area contributed by atoms with E-state index in [1.54, 1.807) is 0 Å². The highest BCUT2D eigenvalue weighted by atomic mass is 15.3. The smallest absolute Gasteiger partial charge is 0.125 e. The number of aromatic amines is 1. The van der Waals surface area contributed by atoms with Crippen LogP contribution < -0.4 is 0 Å². The van der Waals surface area contributed by atoms with Gasteiger partial charge in [-0.2, -0.15) is 0 Å². The van der Waals surface area contributed by atoms with Crippen molar-refractivity contribution in [3.05, 3.63) is 90.4 Å². The van der Waals surface area contributed by atoms with Gasteiger partial charge in [-0.05, 0) is 43.2 Å². The molecule has 0 saturated carbocycles. The third-order valence-corrected chi connectivity index (χ3v) is 6.55. The monoisotopic (exact) mass is 424 g/mol. The predicted octanol–water partition coefficient (Wildman–Crippen LogP) is 5.89. The van der Waals surface area contributed by atoms with Crippen molar-refractivity contribution in [3.63, 3.8) is 0 Å². The zero-order valence-corrected chi connectivity index (χ0v) is 19.3. The lowest BCUT2D eigenvalue weighted by Gasteiger charge is -2.47. The Hall–Kier alpha value is -2.95. The van der Waals surface area contributed by atoms with Crippen molar-refractivity contribution in [1.82, 2.24) is 19.8 Å². The molecule has 32 heavy (non-hydrogen) atoms. The van der Waals surface area contributed by atoms with E-state index in [9.17, 15) is 0 Å². The van der Waals surface area contributed by atoms with Crippen molar-refractivity contribution >= 4 is 10.8 Å². The number of imidazole rings is 1. The van der Waals surface area contributed by atoms with Gasteiger partial charge < -0.3 is 4.98 Å². The number of rotatable bonds is 4. The van der Waals surface area contributed by atoms with Crippen molar-refractivity contribution < 1.29 is 0 Å². The van der Waals surface area contributed by atoms with Gasteiger partial charge in [0.2, 0.25) is 0 Å². The van der Waals surface area contributed by atoms with E-state index < -0.39 is 0 Å². The van der Waals surface area contributed by atoms with Crippen LogP contribution in [-0.2, 0) is 6.54 Å². The van der Waals surface area contributed by atoms with Crippen LogP contribution in [0.15, 0.2) is 79.0 Å². The van der Waals surface area contributed by atoms with Crippen molar-refractivity contribution in [3.8, 4) is 11.3 Å². The van der Waals surface area contributed by atoms with Gasteiger partial charge in [-0.1, -0.05) is 66.7 Å². The molecule has 3 aromatic carbocycles. The molecule has 1 unspecified atom stereocenters. The Bertz CT molecular complexity index is 1190. The Morgan fingerprint density at radius 1 is 0.906 bits per heavy atom. The van der Waals surface area contributed by atoms with Crippen LogP contribution in [0.4, 0.5) is 0 Å². The van der Waals surface area contributed by atoms with Crippen LogP contribution >= 0.6 is 0 Å². The van der Waals surface area contributed by atoms with Crippen LogP contribution in [0.1, 0.15) is 38.2 Å². The van der Waals surface area contributed by atoms with E-state index >= 15 is 0 Å². The van der Waals surface area contributed by atoms with Crippen molar-refractivity contribution in [2.24, 2.45) is 0 Å². The first-order chi connectivity index (χ1) is 15.5. The SMILES string of the molecule is CC(C)(C)N1CCN(Cc2ccccc2)CC1c1ncc(-c2ccc3ccccc3c2)[nH]1. The van der Waals surface area contributed by atoms with E-state index in [4.69, 9.17) is 4.98 Å².